The maximum atomic E-state index is 15.2. The first kappa shape index (κ1) is 27.3. The Balaban J connectivity index is 1.87. The molecule has 0 radical (unpaired) electrons. The summed E-state index contributed by atoms with van der Waals surface area (Å²) in [5.74, 6) is -0.980. The molecule has 0 spiro atoms. The summed E-state index contributed by atoms with van der Waals surface area (Å²) in [5.41, 5.74) is -0.906. The molecule has 14 nitrogen and oxygen atoms in total. The zero-order valence-corrected chi connectivity index (χ0v) is 21.0. The van der Waals surface area contributed by atoms with E-state index in [4.69, 9.17) is 35.4 Å². The lowest BCUT2D eigenvalue weighted by Gasteiger charge is -2.16. The highest BCUT2D eigenvalue weighted by atomic mass is 32.4. The molecule has 3 N–H and O–H groups in total. The predicted octanol–water partition coefficient (Wildman–Crippen LogP) is 1.71. The number of rotatable bonds is 11. The highest BCUT2D eigenvalue weighted by Crippen LogP contribution is 2.40. The molecule has 1 aliphatic rings. The average molecular weight is 550 g/mol. The number of hydrogen-bond donors (Lipinski definition) is 3. The van der Waals surface area contributed by atoms with Crippen LogP contribution in [0, 0.1) is 17.2 Å². The summed E-state index contributed by atoms with van der Waals surface area (Å²) < 4.78 is 48.7. The van der Waals surface area contributed by atoms with E-state index in [1.807, 2.05) is 6.07 Å². The number of amides is 1. The van der Waals surface area contributed by atoms with Gasteiger partial charge in [-0.15, -0.1) is 18.5 Å². The molecule has 6 atom stereocenters. The molecule has 1 saturated heterocycles. The monoisotopic (exact) mass is 550 g/mol. The Hall–Kier alpha value is -2.34. The summed E-state index contributed by atoms with van der Waals surface area (Å²) in [6, 6.07) is 1.88. The maximum Gasteiger partial charge on any atom is 0.695 e. The molecule has 0 aromatic carbocycles. The number of anilines is 1. The molecule has 35 heavy (non-hydrogen) atoms. The van der Waals surface area contributed by atoms with Gasteiger partial charge in [-0.05, 0) is 0 Å². The number of carbonyl (C=O) groups excluding carboxylic acids is 1. The zero-order valence-electron chi connectivity index (χ0n) is 18.4. The van der Waals surface area contributed by atoms with Crippen molar-refractivity contribution in [3.63, 3.8) is 0 Å². The van der Waals surface area contributed by atoms with Crippen molar-refractivity contribution in [3.8, 4) is 6.07 Å². The van der Waals surface area contributed by atoms with Gasteiger partial charge in [0.15, 0.2) is 29.7 Å². The number of imidazole rings is 1. The van der Waals surface area contributed by atoms with Crippen LogP contribution >= 0.6 is 15.4 Å². The number of fused-ring (bicyclic) bond motifs is 1. The van der Waals surface area contributed by atoms with Crippen LogP contribution in [0.4, 0.5) is 10.3 Å². The van der Waals surface area contributed by atoms with Crippen LogP contribution in [-0.2, 0) is 39.5 Å². The average Bonchev–Trinajstić information content (AvgIpc) is 3.34. The molecule has 3 rings (SSSR count). The van der Waals surface area contributed by atoms with E-state index in [1.54, 1.807) is 13.8 Å². The molecule has 2 aromatic rings. The van der Waals surface area contributed by atoms with E-state index in [9.17, 15) is 19.0 Å². The number of H-pyrrole nitrogens is 1. The van der Waals surface area contributed by atoms with Crippen molar-refractivity contribution in [3.05, 3.63) is 16.7 Å². The van der Waals surface area contributed by atoms with Crippen LogP contribution < -0.4 is 10.9 Å². The molecule has 0 saturated carbocycles. The van der Waals surface area contributed by atoms with Gasteiger partial charge in [0, 0.05) is 10.5 Å². The second-order valence-corrected chi connectivity index (χ2v) is 10.0. The number of nitriles is 1. The minimum absolute atomic E-state index is 0.0482. The third-order valence-corrected chi connectivity index (χ3v) is 6.51. The van der Waals surface area contributed by atoms with E-state index in [0.29, 0.717) is 0 Å². The van der Waals surface area contributed by atoms with Gasteiger partial charge in [0.25, 0.3) is 5.56 Å². The van der Waals surface area contributed by atoms with E-state index < -0.39 is 57.4 Å². The standard InChI is InChI=1S/C17H19FN6O8P2S/c1-8(2)14(25)22-17-21-13-11(15(26)23-17)20-7-24(13)16-12(32-33(27)28)10(18)9(31-16)6-30-34(35)29-5-3-4-19/h7-10,12,16H,3,5-6H2,1-2H3,(H-2,21,22,23,25,26,27,28)/p+2/t9-,10-,12-,16-/m1/s1. The molecule has 2 aromatic heterocycles. The van der Waals surface area contributed by atoms with E-state index >= 15 is 4.39 Å². The molecule has 0 aliphatic carbocycles. The number of alkyl halides is 1. The molecule has 1 fully saturated rings. The second kappa shape index (κ2) is 12.1. The summed E-state index contributed by atoms with van der Waals surface area (Å²) in [6.45, 7) is 2.96. The molecule has 188 valence electrons. The van der Waals surface area contributed by atoms with Gasteiger partial charge in [0.1, 0.15) is 19.3 Å². The summed E-state index contributed by atoms with van der Waals surface area (Å²) in [5, 5.41) is 11.0. The largest absolute Gasteiger partial charge is 0.695 e. The first-order chi connectivity index (χ1) is 16.6. The van der Waals surface area contributed by atoms with Gasteiger partial charge in [0.05, 0.1) is 18.8 Å². The van der Waals surface area contributed by atoms with Crippen LogP contribution in [0.15, 0.2) is 11.1 Å². The van der Waals surface area contributed by atoms with Crippen LogP contribution in [0.3, 0.4) is 0 Å². The molecule has 1 amide bonds. The van der Waals surface area contributed by atoms with Crippen molar-refractivity contribution in [2.75, 3.05) is 18.5 Å². The van der Waals surface area contributed by atoms with Crippen molar-refractivity contribution in [2.45, 2.75) is 44.9 Å². The van der Waals surface area contributed by atoms with E-state index in [1.165, 1.54) is 0 Å². The minimum Gasteiger partial charge on any atom is -0.346 e. The fraction of sp³-hybridized carbons (Fsp3) is 0.588. The van der Waals surface area contributed by atoms with E-state index in [-0.39, 0.29) is 36.7 Å². The lowest BCUT2D eigenvalue weighted by Crippen LogP contribution is -2.31. The topological polar surface area (TPSA) is 191 Å². The van der Waals surface area contributed by atoms with Gasteiger partial charge in [-0.2, -0.15) is 10.2 Å². The molecule has 0 bridgehead atoms. The van der Waals surface area contributed by atoms with Crippen molar-refractivity contribution >= 4 is 50.2 Å². The number of ether oxygens (including phenoxy) is 1. The highest BCUT2D eigenvalue weighted by Gasteiger charge is 2.52. The van der Waals surface area contributed by atoms with E-state index in [0.717, 1.165) is 10.9 Å². The summed E-state index contributed by atoms with van der Waals surface area (Å²) in [7, 11) is -5.08. The Labute approximate surface area is 204 Å². The second-order valence-electron chi connectivity index (χ2n) is 7.46. The molecular weight excluding hydrogens is 529 g/mol. The lowest BCUT2D eigenvalue weighted by atomic mass is 10.1. The minimum atomic E-state index is -3.23. The molecule has 2 unspecified atom stereocenters. The van der Waals surface area contributed by atoms with Crippen LogP contribution in [0.1, 0.15) is 26.5 Å². The molecule has 3 heterocycles. The number of nitrogens with zero attached hydrogens (tertiary/aromatic N) is 4. The normalized spacial score (nSPS) is 22.9. The van der Waals surface area contributed by atoms with Crippen LogP contribution in [0.25, 0.3) is 11.2 Å². The number of nitrogens with one attached hydrogen (secondary N) is 2. The van der Waals surface area contributed by atoms with Gasteiger partial charge >= 0.3 is 15.4 Å². The SMILES string of the molecule is CC(C)C(=O)Nc1nc2c(ncn2[C@@H]2O[C@H](CO[P+](=S)OCCC#N)[C@@H](F)[C@H]2O[P+](=O)O)c(=O)[nH]1. The predicted molar refractivity (Wildman–Crippen MR) is 122 cm³/mol. The third-order valence-electron chi connectivity index (χ3n) is 4.70. The summed E-state index contributed by atoms with van der Waals surface area (Å²) in [6.07, 6.45) is -4.96. The molecule has 18 heteroatoms. The number of aromatic amines is 1. The summed E-state index contributed by atoms with van der Waals surface area (Å²) >= 11 is 4.99. The fourth-order valence-electron chi connectivity index (χ4n) is 3.04. The molecule has 1 aliphatic heterocycles. The van der Waals surface area contributed by atoms with Crippen molar-refractivity contribution < 1.29 is 37.0 Å². The van der Waals surface area contributed by atoms with Gasteiger partial charge in [-0.25, -0.2) is 9.37 Å². The fourth-order valence-corrected chi connectivity index (χ4v) is 4.46. The molecular formula is C17H21FN6O8P2S+2. The number of halogens is 1. The highest BCUT2D eigenvalue weighted by molar-refractivity contribution is 8.00. The Kier molecular flexibility index (Phi) is 9.40. The van der Waals surface area contributed by atoms with Crippen LogP contribution in [0.5, 0.6) is 0 Å². The summed E-state index contributed by atoms with van der Waals surface area (Å²) in [4.78, 5) is 44.2. The van der Waals surface area contributed by atoms with Crippen LogP contribution in [-0.4, -0.2) is 61.9 Å². The number of aromatic nitrogens is 4. The van der Waals surface area contributed by atoms with Crippen molar-refractivity contribution in [2.24, 2.45) is 5.92 Å². The lowest BCUT2D eigenvalue weighted by molar-refractivity contribution is -0.118. The first-order valence-electron chi connectivity index (χ1n) is 10.1. The Morgan fingerprint density at radius 2 is 2.26 bits per heavy atom. The van der Waals surface area contributed by atoms with E-state index in [2.05, 4.69) is 20.3 Å². The zero-order chi connectivity index (χ0) is 25.7. The Bertz CT molecular complexity index is 1220. The smallest absolute Gasteiger partial charge is 0.346 e. The van der Waals surface area contributed by atoms with Crippen molar-refractivity contribution in [1.82, 2.24) is 19.5 Å². The Morgan fingerprint density at radius 3 is 2.91 bits per heavy atom. The van der Waals surface area contributed by atoms with Gasteiger partial charge in [-0.1, -0.05) is 13.8 Å². The third kappa shape index (κ3) is 6.66. The maximum absolute atomic E-state index is 15.2. The van der Waals surface area contributed by atoms with Gasteiger partial charge in [0.2, 0.25) is 23.7 Å². The number of hydrogen-bond acceptors (Lipinski definition) is 11. The number of carbonyl (C=O) groups is 1. The van der Waals surface area contributed by atoms with Crippen molar-refractivity contribution in [1.29, 1.82) is 5.26 Å². The Morgan fingerprint density at radius 1 is 1.51 bits per heavy atom. The first-order valence-corrected chi connectivity index (χ1v) is 13.4. The van der Waals surface area contributed by atoms with Crippen LogP contribution in [0.2, 0.25) is 0 Å². The van der Waals surface area contributed by atoms with Gasteiger partial charge in [-0.3, -0.25) is 24.5 Å². The quantitative estimate of drug-likeness (QED) is 0.272. The van der Waals surface area contributed by atoms with Gasteiger partial charge < -0.3 is 4.74 Å².